The molecule has 0 fully saturated rings. The third-order valence-electron chi connectivity index (χ3n) is 2.95. The fourth-order valence-corrected chi connectivity index (χ4v) is 2.00. The number of hydrogen-bond donors (Lipinski definition) is 1. The summed E-state index contributed by atoms with van der Waals surface area (Å²) in [4.78, 5) is 4.53. The molecule has 0 amide bonds. The summed E-state index contributed by atoms with van der Waals surface area (Å²) in [6.45, 7) is 2.01. The average molecular weight is 239 g/mol. The lowest BCUT2D eigenvalue weighted by atomic mass is 10.1. The summed E-state index contributed by atoms with van der Waals surface area (Å²) < 4.78 is 1.46. The molecule has 2 heterocycles. The molecule has 0 aliphatic heterocycles. The number of aromatic nitrogens is 3. The second-order valence-corrected chi connectivity index (χ2v) is 4.12. The summed E-state index contributed by atoms with van der Waals surface area (Å²) in [6.07, 6.45) is 2.51. The van der Waals surface area contributed by atoms with Crippen molar-refractivity contribution in [1.82, 2.24) is 14.6 Å². The molecule has 3 aromatic rings. The van der Waals surface area contributed by atoms with E-state index in [2.05, 4.69) is 10.1 Å². The predicted octanol–water partition coefficient (Wildman–Crippen LogP) is 2.66. The maximum atomic E-state index is 9.90. The second kappa shape index (κ2) is 4.14. The van der Waals surface area contributed by atoms with Crippen molar-refractivity contribution in [3.63, 3.8) is 0 Å². The van der Waals surface area contributed by atoms with Gasteiger partial charge in [0.25, 0.3) is 0 Å². The van der Waals surface area contributed by atoms with E-state index < -0.39 is 0 Å². The van der Waals surface area contributed by atoms with Gasteiger partial charge in [-0.15, -0.1) is 0 Å². The lowest BCUT2D eigenvalue weighted by molar-refractivity contribution is 0.434. The first-order valence-electron chi connectivity index (χ1n) is 5.91. The van der Waals surface area contributed by atoms with Gasteiger partial charge in [0, 0.05) is 17.3 Å². The summed E-state index contributed by atoms with van der Waals surface area (Å²) in [7, 11) is 0. The van der Waals surface area contributed by atoms with Crippen molar-refractivity contribution in [2.75, 3.05) is 0 Å². The molecule has 1 aromatic carbocycles. The summed E-state index contributed by atoms with van der Waals surface area (Å²) >= 11 is 0. The Labute approximate surface area is 105 Å². The van der Waals surface area contributed by atoms with E-state index in [0.29, 0.717) is 5.65 Å². The van der Waals surface area contributed by atoms with Crippen molar-refractivity contribution < 1.29 is 5.11 Å². The van der Waals surface area contributed by atoms with Crippen LogP contribution in [-0.2, 0) is 6.42 Å². The Kier molecular flexibility index (Phi) is 2.48. The van der Waals surface area contributed by atoms with E-state index in [1.165, 1.54) is 4.52 Å². The molecule has 3 rings (SSSR count). The zero-order valence-corrected chi connectivity index (χ0v) is 10.0. The van der Waals surface area contributed by atoms with Gasteiger partial charge in [0.05, 0.1) is 6.20 Å². The first-order valence-corrected chi connectivity index (χ1v) is 5.91. The molecule has 4 nitrogen and oxygen atoms in total. The van der Waals surface area contributed by atoms with Crippen LogP contribution in [-0.4, -0.2) is 19.7 Å². The quantitative estimate of drug-likeness (QED) is 0.748. The minimum Gasteiger partial charge on any atom is -0.493 e. The lowest BCUT2D eigenvalue weighted by Crippen LogP contribution is -1.96. The fraction of sp³-hybridized carbons (Fsp3) is 0.143. The van der Waals surface area contributed by atoms with Gasteiger partial charge in [0.15, 0.2) is 5.65 Å². The van der Waals surface area contributed by atoms with Crippen molar-refractivity contribution in [2.45, 2.75) is 13.3 Å². The van der Waals surface area contributed by atoms with Crippen LogP contribution in [0.2, 0.25) is 0 Å². The number of benzene rings is 1. The van der Waals surface area contributed by atoms with E-state index in [0.717, 1.165) is 23.2 Å². The normalized spacial score (nSPS) is 10.9. The van der Waals surface area contributed by atoms with Crippen LogP contribution in [0.3, 0.4) is 0 Å². The van der Waals surface area contributed by atoms with Gasteiger partial charge in [-0.05, 0) is 12.0 Å². The van der Waals surface area contributed by atoms with Crippen LogP contribution in [0.25, 0.3) is 16.8 Å². The van der Waals surface area contributed by atoms with Crippen LogP contribution < -0.4 is 0 Å². The Bertz CT molecular complexity index is 689. The summed E-state index contributed by atoms with van der Waals surface area (Å²) in [5.41, 5.74) is 3.53. The van der Waals surface area contributed by atoms with E-state index in [9.17, 15) is 5.11 Å². The molecule has 0 saturated heterocycles. The van der Waals surface area contributed by atoms with E-state index in [4.69, 9.17) is 0 Å². The molecule has 0 atom stereocenters. The number of aromatic hydroxyl groups is 1. The molecule has 0 spiro atoms. The van der Waals surface area contributed by atoms with Crippen molar-refractivity contribution >= 4 is 5.65 Å². The van der Waals surface area contributed by atoms with Crippen LogP contribution in [0.5, 0.6) is 5.88 Å². The highest BCUT2D eigenvalue weighted by molar-refractivity contribution is 5.77. The molecule has 0 unspecified atom stereocenters. The average Bonchev–Trinajstić information content (AvgIpc) is 2.84. The Morgan fingerprint density at radius 3 is 2.72 bits per heavy atom. The number of nitrogens with zero attached hydrogens (tertiary/aromatic N) is 3. The molecule has 0 saturated carbocycles. The summed E-state index contributed by atoms with van der Waals surface area (Å²) in [5, 5.41) is 14.1. The van der Waals surface area contributed by atoms with E-state index in [1.54, 1.807) is 12.3 Å². The third-order valence-corrected chi connectivity index (χ3v) is 2.95. The first-order chi connectivity index (χ1) is 8.79. The number of fused-ring (bicyclic) bond motifs is 1. The first kappa shape index (κ1) is 10.8. The Morgan fingerprint density at radius 1 is 1.22 bits per heavy atom. The van der Waals surface area contributed by atoms with Gasteiger partial charge in [-0.25, -0.2) is 4.98 Å². The molecule has 4 heteroatoms. The molecular weight excluding hydrogens is 226 g/mol. The van der Waals surface area contributed by atoms with E-state index in [1.807, 2.05) is 37.3 Å². The van der Waals surface area contributed by atoms with Crippen LogP contribution >= 0.6 is 0 Å². The predicted molar refractivity (Wildman–Crippen MR) is 69.5 cm³/mol. The zero-order valence-electron chi connectivity index (χ0n) is 10.0. The largest absolute Gasteiger partial charge is 0.493 e. The fourth-order valence-electron chi connectivity index (χ4n) is 2.00. The summed E-state index contributed by atoms with van der Waals surface area (Å²) in [6, 6.07) is 11.6. The standard InChI is InChI=1S/C14H13N3O/c1-2-11-8-13(18)17-14(16-11)12(9-15-17)10-6-4-3-5-7-10/h3-9,18H,2H2,1H3. The monoisotopic (exact) mass is 239 g/mol. The SMILES string of the molecule is CCc1cc(O)n2ncc(-c3ccccc3)c2n1. The Hall–Kier alpha value is -2.36. The van der Waals surface area contributed by atoms with Crippen molar-refractivity contribution in [3.8, 4) is 17.0 Å². The molecule has 1 N–H and O–H groups in total. The zero-order chi connectivity index (χ0) is 12.5. The van der Waals surface area contributed by atoms with Gasteiger partial charge in [-0.1, -0.05) is 37.3 Å². The molecule has 90 valence electrons. The molecule has 18 heavy (non-hydrogen) atoms. The second-order valence-electron chi connectivity index (χ2n) is 4.12. The minimum atomic E-state index is 0.124. The van der Waals surface area contributed by atoms with Crippen LogP contribution in [0.1, 0.15) is 12.6 Å². The van der Waals surface area contributed by atoms with Gasteiger partial charge < -0.3 is 5.11 Å². The van der Waals surface area contributed by atoms with Gasteiger partial charge in [-0.2, -0.15) is 9.61 Å². The minimum absolute atomic E-state index is 0.124. The highest BCUT2D eigenvalue weighted by Crippen LogP contribution is 2.25. The summed E-state index contributed by atoms with van der Waals surface area (Å²) in [5.74, 6) is 0.124. The van der Waals surface area contributed by atoms with Gasteiger partial charge in [-0.3, -0.25) is 0 Å². The van der Waals surface area contributed by atoms with Gasteiger partial charge in [0.2, 0.25) is 5.88 Å². The van der Waals surface area contributed by atoms with E-state index >= 15 is 0 Å². The van der Waals surface area contributed by atoms with Crippen LogP contribution in [0.15, 0.2) is 42.6 Å². The third kappa shape index (κ3) is 1.62. The molecule has 0 bridgehead atoms. The molecule has 0 aliphatic carbocycles. The maximum absolute atomic E-state index is 9.90. The van der Waals surface area contributed by atoms with E-state index in [-0.39, 0.29) is 5.88 Å². The number of aryl methyl sites for hydroxylation is 1. The van der Waals surface area contributed by atoms with Crippen LogP contribution in [0.4, 0.5) is 0 Å². The van der Waals surface area contributed by atoms with Crippen molar-refractivity contribution in [3.05, 3.63) is 48.3 Å². The highest BCUT2D eigenvalue weighted by atomic mass is 16.3. The molecule has 2 aromatic heterocycles. The maximum Gasteiger partial charge on any atom is 0.215 e. The number of hydrogen-bond acceptors (Lipinski definition) is 3. The van der Waals surface area contributed by atoms with Crippen LogP contribution in [0, 0.1) is 0 Å². The Balaban J connectivity index is 2.28. The molecule has 0 radical (unpaired) electrons. The Morgan fingerprint density at radius 2 is 2.00 bits per heavy atom. The molecule has 0 aliphatic rings. The highest BCUT2D eigenvalue weighted by Gasteiger charge is 2.11. The topological polar surface area (TPSA) is 50.4 Å². The van der Waals surface area contributed by atoms with Gasteiger partial charge in [0.1, 0.15) is 0 Å². The number of rotatable bonds is 2. The smallest absolute Gasteiger partial charge is 0.215 e. The van der Waals surface area contributed by atoms with Crippen molar-refractivity contribution in [1.29, 1.82) is 0 Å². The van der Waals surface area contributed by atoms with Gasteiger partial charge >= 0.3 is 0 Å². The molecular formula is C14H13N3O. The van der Waals surface area contributed by atoms with Crippen molar-refractivity contribution in [2.24, 2.45) is 0 Å². The lowest BCUT2D eigenvalue weighted by Gasteiger charge is -2.03.